The van der Waals surface area contributed by atoms with Gasteiger partial charge in [0.05, 0.1) is 19.0 Å². The summed E-state index contributed by atoms with van der Waals surface area (Å²) in [6.45, 7) is 1.76. The first kappa shape index (κ1) is 17.1. The van der Waals surface area contributed by atoms with Gasteiger partial charge in [-0.1, -0.05) is 17.3 Å². The Morgan fingerprint density at radius 1 is 1.44 bits per heavy atom. The molecular formula is C17H19FN4O3. The Bertz CT molecular complexity index is 735. The highest BCUT2D eigenvalue weighted by molar-refractivity contribution is 5.88. The van der Waals surface area contributed by atoms with E-state index in [2.05, 4.69) is 15.8 Å². The molecule has 1 saturated heterocycles. The molecule has 0 saturated carbocycles. The number of carbonyl (C=O) groups is 2. The van der Waals surface area contributed by atoms with E-state index in [1.165, 1.54) is 18.4 Å². The molecule has 1 aromatic carbocycles. The molecule has 8 heteroatoms. The van der Waals surface area contributed by atoms with Gasteiger partial charge in [0.25, 0.3) is 0 Å². The van der Waals surface area contributed by atoms with E-state index in [1.807, 2.05) is 4.90 Å². The average Bonchev–Trinajstić information content (AvgIpc) is 3.10. The van der Waals surface area contributed by atoms with Crippen LogP contribution >= 0.6 is 0 Å². The summed E-state index contributed by atoms with van der Waals surface area (Å²) in [5.41, 5.74) is 1.38. The fourth-order valence-electron chi connectivity index (χ4n) is 2.81. The first-order valence-corrected chi connectivity index (χ1v) is 8.04. The third-order valence-electron chi connectivity index (χ3n) is 4.05. The second-order valence-electron chi connectivity index (χ2n) is 5.88. The van der Waals surface area contributed by atoms with Crippen LogP contribution in [-0.4, -0.2) is 41.0 Å². The fourth-order valence-corrected chi connectivity index (χ4v) is 2.81. The zero-order valence-electron chi connectivity index (χ0n) is 13.6. The summed E-state index contributed by atoms with van der Waals surface area (Å²) in [6.07, 6.45) is 1.45. The Morgan fingerprint density at radius 2 is 2.32 bits per heavy atom. The lowest BCUT2D eigenvalue weighted by Gasteiger charge is -2.34. The van der Waals surface area contributed by atoms with Crippen molar-refractivity contribution in [3.63, 3.8) is 0 Å². The Labute approximate surface area is 144 Å². The van der Waals surface area contributed by atoms with Crippen molar-refractivity contribution in [2.45, 2.75) is 25.6 Å². The lowest BCUT2D eigenvalue weighted by Crippen LogP contribution is -2.56. The second kappa shape index (κ2) is 7.89. The van der Waals surface area contributed by atoms with Gasteiger partial charge in [-0.3, -0.25) is 14.5 Å². The Morgan fingerprint density at radius 3 is 3.08 bits per heavy atom. The lowest BCUT2D eigenvalue weighted by molar-refractivity contribution is -0.134. The van der Waals surface area contributed by atoms with Gasteiger partial charge in [-0.05, 0) is 17.7 Å². The summed E-state index contributed by atoms with van der Waals surface area (Å²) in [5.74, 6) is -0.769. The number of benzene rings is 1. The van der Waals surface area contributed by atoms with Gasteiger partial charge in [-0.25, -0.2) is 4.39 Å². The van der Waals surface area contributed by atoms with E-state index in [0.29, 0.717) is 25.3 Å². The van der Waals surface area contributed by atoms with Crippen molar-refractivity contribution < 1.29 is 18.5 Å². The number of piperazine rings is 1. The van der Waals surface area contributed by atoms with Gasteiger partial charge in [-0.2, -0.15) is 0 Å². The van der Waals surface area contributed by atoms with E-state index in [0.717, 1.165) is 5.56 Å². The van der Waals surface area contributed by atoms with Crippen LogP contribution in [0.5, 0.6) is 0 Å². The first-order chi connectivity index (χ1) is 12.1. The molecule has 0 radical (unpaired) electrons. The van der Waals surface area contributed by atoms with Crippen LogP contribution in [0.3, 0.4) is 0 Å². The zero-order valence-corrected chi connectivity index (χ0v) is 13.6. The molecule has 1 fully saturated rings. The van der Waals surface area contributed by atoms with Gasteiger partial charge in [-0.15, -0.1) is 0 Å². The molecule has 3 rings (SSSR count). The molecule has 1 aromatic heterocycles. The number of carbonyl (C=O) groups excluding carboxylic acids is 2. The lowest BCUT2D eigenvalue weighted by atomic mass is 10.1. The summed E-state index contributed by atoms with van der Waals surface area (Å²) in [6, 6.07) is 7.32. The molecular weight excluding hydrogens is 327 g/mol. The summed E-state index contributed by atoms with van der Waals surface area (Å²) in [5, 5.41) is 9.20. The number of nitrogens with zero attached hydrogens (tertiary/aromatic N) is 2. The molecule has 7 nitrogen and oxygen atoms in total. The maximum absolute atomic E-state index is 13.4. The topological polar surface area (TPSA) is 87.5 Å². The molecule has 1 atom stereocenters. The van der Waals surface area contributed by atoms with Crippen molar-refractivity contribution in [1.29, 1.82) is 0 Å². The number of rotatable bonds is 6. The molecule has 25 heavy (non-hydrogen) atoms. The number of hydrogen-bond donors (Lipinski definition) is 2. The van der Waals surface area contributed by atoms with E-state index in [4.69, 9.17) is 4.52 Å². The van der Waals surface area contributed by atoms with Crippen LogP contribution in [-0.2, 0) is 22.7 Å². The highest BCUT2D eigenvalue weighted by atomic mass is 19.1. The van der Waals surface area contributed by atoms with Gasteiger partial charge in [0.2, 0.25) is 11.8 Å². The minimum Gasteiger partial charge on any atom is -0.364 e. The van der Waals surface area contributed by atoms with Crippen LogP contribution in [0, 0.1) is 5.82 Å². The standard InChI is InChI=1S/C17H19FN4O3/c18-13-3-1-2-12(8-13)11-22-6-5-19-17(24)15(22)9-16(23)20-10-14-4-7-25-21-14/h1-4,7-8,15H,5-6,9-11H2,(H,19,24)(H,20,23)/t15-/m0/s1. The molecule has 132 valence electrons. The maximum atomic E-state index is 13.4. The second-order valence-corrected chi connectivity index (χ2v) is 5.88. The summed E-state index contributed by atoms with van der Waals surface area (Å²) < 4.78 is 18.1. The Hall–Kier alpha value is -2.74. The molecule has 1 aliphatic heterocycles. The average molecular weight is 346 g/mol. The smallest absolute Gasteiger partial charge is 0.237 e. The highest BCUT2D eigenvalue weighted by Gasteiger charge is 2.31. The summed E-state index contributed by atoms with van der Waals surface area (Å²) >= 11 is 0. The maximum Gasteiger partial charge on any atom is 0.237 e. The highest BCUT2D eigenvalue weighted by Crippen LogP contribution is 2.15. The third kappa shape index (κ3) is 4.63. The van der Waals surface area contributed by atoms with Crippen molar-refractivity contribution >= 4 is 11.8 Å². The quantitative estimate of drug-likeness (QED) is 0.809. The molecule has 1 aliphatic rings. The predicted octanol–water partition coefficient (Wildman–Crippen LogP) is 0.821. The van der Waals surface area contributed by atoms with Crippen LogP contribution in [0.2, 0.25) is 0 Å². The Balaban J connectivity index is 1.61. The zero-order chi connectivity index (χ0) is 17.6. The predicted molar refractivity (Wildman–Crippen MR) is 86.6 cm³/mol. The molecule has 0 aliphatic carbocycles. The van der Waals surface area contributed by atoms with Crippen molar-refractivity contribution in [1.82, 2.24) is 20.7 Å². The third-order valence-corrected chi connectivity index (χ3v) is 4.05. The molecule has 0 bridgehead atoms. The van der Waals surface area contributed by atoms with E-state index >= 15 is 0 Å². The van der Waals surface area contributed by atoms with Crippen LogP contribution in [0.1, 0.15) is 17.7 Å². The molecule has 2 heterocycles. The van der Waals surface area contributed by atoms with E-state index in [1.54, 1.807) is 18.2 Å². The number of halogens is 1. The van der Waals surface area contributed by atoms with Gasteiger partial charge < -0.3 is 15.2 Å². The molecule has 0 spiro atoms. The summed E-state index contributed by atoms with van der Waals surface area (Å²) in [7, 11) is 0. The van der Waals surface area contributed by atoms with Crippen LogP contribution in [0.15, 0.2) is 41.1 Å². The van der Waals surface area contributed by atoms with Crippen molar-refractivity contribution in [2.75, 3.05) is 13.1 Å². The van der Waals surface area contributed by atoms with Gasteiger partial charge in [0.15, 0.2) is 0 Å². The normalized spacial score (nSPS) is 18.0. The molecule has 2 amide bonds. The molecule has 2 aromatic rings. The van der Waals surface area contributed by atoms with E-state index in [9.17, 15) is 14.0 Å². The number of nitrogens with one attached hydrogen (secondary N) is 2. The SMILES string of the molecule is O=C(C[C@H]1C(=O)NCCN1Cc1cccc(F)c1)NCc1ccon1. The van der Waals surface area contributed by atoms with Crippen LogP contribution in [0.25, 0.3) is 0 Å². The van der Waals surface area contributed by atoms with E-state index < -0.39 is 6.04 Å². The number of amides is 2. The fraction of sp³-hybridized carbons (Fsp3) is 0.353. The minimum absolute atomic E-state index is 0.0268. The molecule has 0 unspecified atom stereocenters. The summed E-state index contributed by atoms with van der Waals surface area (Å²) in [4.78, 5) is 26.3. The van der Waals surface area contributed by atoms with Gasteiger partial charge in [0.1, 0.15) is 17.8 Å². The monoisotopic (exact) mass is 346 g/mol. The van der Waals surface area contributed by atoms with Gasteiger partial charge in [0, 0.05) is 25.7 Å². The van der Waals surface area contributed by atoms with Crippen molar-refractivity contribution in [3.05, 3.63) is 53.7 Å². The Kier molecular flexibility index (Phi) is 5.39. The number of hydrogen-bond acceptors (Lipinski definition) is 5. The van der Waals surface area contributed by atoms with Gasteiger partial charge >= 0.3 is 0 Å². The van der Waals surface area contributed by atoms with Crippen molar-refractivity contribution in [3.8, 4) is 0 Å². The largest absolute Gasteiger partial charge is 0.364 e. The van der Waals surface area contributed by atoms with Crippen molar-refractivity contribution in [2.24, 2.45) is 0 Å². The van der Waals surface area contributed by atoms with Crippen LogP contribution < -0.4 is 10.6 Å². The molecule has 2 N–H and O–H groups in total. The number of aromatic nitrogens is 1. The van der Waals surface area contributed by atoms with Crippen LogP contribution in [0.4, 0.5) is 4.39 Å². The first-order valence-electron chi connectivity index (χ1n) is 8.04. The van der Waals surface area contributed by atoms with E-state index in [-0.39, 0.29) is 30.6 Å². The minimum atomic E-state index is -0.589.